The maximum Gasteiger partial charge on any atom is 0.0330 e. The molecule has 1 aliphatic rings. The van der Waals surface area contributed by atoms with Gasteiger partial charge < -0.3 is 0 Å². The molecule has 0 fully saturated rings. The van der Waals surface area contributed by atoms with Gasteiger partial charge in [0.2, 0.25) is 0 Å². The highest BCUT2D eigenvalue weighted by Crippen LogP contribution is 2.43. The molecule has 2 aromatic rings. The largest absolute Gasteiger partial charge is 0.264 e. The van der Waals surface area contributed by atoms with E-state index in [0.717, 1.165) is 12.3 Å². The summed E-state index contributed by atoms with van der Waals surface area (Å²) in [5, 5.41) is 0. The lowest BCUT2D eigenvalue weighted by atomic mass is 9.68. The highest BCUT2D eigenvalue weighted by Gasteiger charge is 2.31. The molecular formula is C23H29NS. The number of hydrogen-bond donors (Lipinski definition) is 1. The van der Waals surface area contributed by atoms with E-state index in [9.17, 15) is 0 Å². The smallest absolute Gasteiger partial charge is 0.0330 e. The van der Waals surface area contributed by atoms with E-state index in [-0.39, 0.29) is 5.41 Å². The molecule has 0 bridgehead atoms. The second-order valence-corrected chi connectivity index (χ2v) is 8.82. The zero-order valence-corrected chi connectivity index (χ0v) is 16.7. The van der Waals surface area contributed by atoms with Crippen molar-refractivity contribution >= 4 is 11.9 Å². The molecule has 0 saturated carbocycles. The van der Waals surface area contributed by atoms with Crippen LogP contribution in [0.25, 0.3) is 0 Å². The molecule has 3 rings (SSSR count). The van der Waals surface area contributed by atoms with Gasteiger partial charge in [-0.1, -0.05) is 56.1 Å². The molecule has 132 valence electrons. The van der Waals surface area contributed by atoms with Crippen LogP contribution in [-0.4, -0.2) is 6.54 Å². The third-order valence-corrected chi connectivity index (χ3v) is 6.52. The van der Waals surface area contributed by atoms with Crippen molar-refractivity contribution < 1.29 is 0 Å². The molecule has 2 heteroatoms. The van der Waals surface area contributed by atoms with Crippen LogP contribution in [0.1, 0.15) is 66.8 Å². The summed E-state index contributed by atoms with van der Waals surface area (Å²) in [6.07, 6.45) is 3.74. The third kappa shape index (κ3) is 4.40. The molecule has 2 aromatic carbocycles. The summed E-state index contributed by atoms with van der Waals surface area (Å²) in [7, 11) is 0. The molecule has 0 aliphatic heterocycles. The zero-order valence-electron chi connectivity index (χ0n) is 15.9. The van der Waals surface area contributed by atoms with Crippen LogP contribution in [0.5, 0.6) is 0 Å². The molecule has 1 aliphatic carbocycles. The van der Waals surface area contributed by atoms with Gasteiger partial charge in [0.05, 0.1) is 0 Å². The molecule has 0 heterocycles. The first-order valence-electron chi connectivity index (χ1n) is 9.30. The van der Waals surface area contributed by atoms with Crippen molar-refractivity contribution in [2.24, 2.45) is 0 Å². The molecule has 1 nitrogen and oxygen atoms in total. The van der Waals surface area contributed by atoms with E-state index in [1.807, 2.05) is 11.9 Å². The van der Waals surface area contributed by atoms with E-state index in [4.69, 9.17) is 0 Å². The number of nitrogens with one attached hydrogen (secondary N) is 1. The van der Waals surface area contributed by atoms with Gasteiger partial charge in [0.25, 0.3) is 0 Å². The van der Waals surface area contributed by atoms with Crippen LogP contribution in [0.3, 0.4) is 0 Å². The predicted octanol–water partition coefficient (Wildman–Crippen LogP) is 5.89. The minimum absolute atomic E-state index is 0.281. The van der Waals surface area contributed by atoms with Gasteiger partial charge in [0, 0.05) is 12.3 Å². The Kier molecular flexibility index (Phi) is 5.77. The average molecular weight is 352 g/mol. The average Bonchev–Trinajstić information content (AvgIpc) is 2.60. The van der Waals surface area contributed by atoms with E-state index in [0.29, 0.717) is 5.92 Å². The Balaban J connectivity index is 1.49. The number of aryl methyl sites for hydroxylation is 2. The lowest BCUT2D eigenvalue weighted by Gasteiger charge is -2.36. The maximum atomic E-state index is 3.57. The van der Waals surface area contributed by atoms with Gasteiger partial charge in [-0.05, 0) is 84.4 Å². The van der Waals surface area contributed by atoms with Crippen molar-refractivity contribution in [2.45, 2.75) is 64.0 Å². The molecule has 0 aromatic heterocycles. The maximum absolute atomic E-state index is 3.57. The van der Waals surface area contributed by atoms with Crippen molar-refractivity contribution in [2.75, 3.05) is 6.54 Å². The lowest BCUT2D eigenvalue weighted by molar-refractivity contribution is 0.383. The van der Waals surface area contributed by atoms with E-state index in [1.165, 1.54) is 47.1 Å². The van der Waals surface area contributed by atoms with Gasteiger partial charge in [-0.15, -0.1) is 0 Å². The fourth-order valence-corrected chi connectivity index (χ4v) is 4.49. The van der Waals surface area contributed by atoms with Crippen molar-refractivity contribution in [3.8, 4) is 0 Å². The molecule has 25 heavy (non-hydrogen) atoms. The molecule has 0 saturated heterocycles. The normalized spacial score (nSPS) is 18.5. The van der Waals surface area contributed by atoms with Gasteiger partial charge >= 0.3 is 0 Å². The summed E-state index contributed by atoms with van der Waals surface area (Å²) in [4.78, 5) is 0. The van der Waals surface area contributed by atoms with Crippen LogP contribution < -0.4 is 4.72 Å². The van der Waals surface area contributed by atoms with Crippen LogP contribution in [-0.2, 0) is 11.2 Å². The Morgan fingerprint density at radius 2 is 1.96 bits per heavy atom. The summed E-state index contributed by atoms with van der Waals surface area (Å²) in [6, 6.07) is 17.4. The van der Waals surface area contributed by atoms with Crippen LogP contribution >= 0.6 is 11.9 Å². The number of rotatable bonds is 6. The van der Waals surface area contributed by atoms with Crippen molar-refractivity contribution in [1.82, 2.24) is 4.72 Å². The predicted molar refractivity (Wildman–Crippen MR) is 109 cm³/mol. The Hall–Kier alpha value is -1.43. The summed E-state index contributed by atoms with van der Waals surface area (Å²) in [5.74, 6) is 1.68. The molecule has 1 atom stereocenters. The molecule has 0 radical (unpaired) electrons. The summed E-state index contributed by atoms with van der Waals surface area (Å²) in [5.41, 5.74) is 7.40. The van der Waals surface area contributed by atoms with E-state index in [1.54, 1.807) is 0 Å². The minimum atomic E-state index is 0.281. The highest BCUT2D eigenvalue weighted by molar-refractivity contribution is 7.96. The van der Waals surface area contributed by atoms with Crippen LogP contribution in [0.15, 0.2) is 30.3 Å². The Bertz CT molecular complexity index is 720. The Morgan fingerprint density at radius 1 is 1.16 bits per heavy atom. The van der Waals surface area contributed by atoms with E-state index >= 15 is 0 Å². The van der Waals surface area contributed by atoms with Crippen molar-refractivity contribution in [3.63, 3.8) is 0 Å². The molecule has 0 amide bonds. The van der Waals surface area contributed by atoms with Gasteiger partial charge in [-0.3, -0.25) is 4.72 Å². The first-order valence-corrected chi connectivity index (χ1v) is 10.3. The lowest BCUT2D eigenvalue weighted by Crippen LogP contribution is -2.27. The van der Waals surface area contributed by atoms with E-state index < -0.39 is 0 Å². The van der Waals surface area contributed by atoms with Crippen LogP contribution in [0, 0.1) is 26.0 Å². The van der Waals surface area contributed by atoms with Gasteiger partial charge in [0.15, 0.2) is 0 Å². The summed E-state index contributed by atoms with van der Waals surface area (Å²) < 4.78 is 3.57. The molecule has 1 N–H and O–H groups in total. The monoisotopic (exact) mass is 351 g/mol. The second kappa shape index (κ2) is 7.85. The number of hydrogen-bond acceptors (Lipinski definition) is 2. The molecule has 0 spiro atoms. The van der Waals surface area contributed by atoms with E-state index in [2.05, 4.69) is 74.9 Å². The topological polar surface area (TPSA) is 12.0 Å². The first kappa shape index (κ1) is 18.4. The Morgan fingerprint density at radius 3 is 2.76 bits per heavy atom. The second-order valence-electron chi connectivity index (χ2n) is 7.96. The first-order chi connectivity index (χ1) is 12.0. The number of benzene rings is 1. The highest BCUT2D eigenvalue weighted by atomic mass is 32.2. The minimum Gasteiger partial charge on any atom is -0.264 e. The third-order valence-electron chi connectivity index (χ3n) is 5.63. The fraction of sp³-hybridized carbons (Fsp3) is 0.478. The summed E-state index contributed by atoms with van der Waals surface area (Å²) in [6.45, 7) is 10.1. The Labute approximate surface area is 157 Å². The standard InChI is InChI=1S/C23H29NS/c1-17-9-10-19(15-18(17)2)16-25-24-14-12-20-11-13-23(3,4)22-8-6-5-7-21(20)22/h7-10,15,20,24H,11-14,16H2,1-4H3. The quantitative estimate of drug-likeness (QED) is 0.514. The van der Waals surface area contributed by atoms with Gasteiger partial charge in [-0.2, -0.15) is 0 Å². The van der Waals surface area contributed by atoms with Crippen molar-refractivity contribution in [1.29, 1.82) is 0 Å². The van der Waals surface area contributed by atoms with Crippen molar-refractivity contribution in [3.05, 3.63) is 70.3 Å². The SMILES string of the molecule is Cc1ccc(CSNCCC2CCC(C)(C)c3cc#ccc32)cc1C. The molecular weight excluding hydrogens is 322 g/mol. The van der Waals surface area contributed by atoms with Crippen LogP contribution in [0.2, 0.25) is 0 Å². The van der Waals surface area contributed by atoms with Gasteiger partial charge in [-0.25, -0.2) is 0 Å². The molecule has 1 unspecified atom stereocenters. The summed E-state index contributed by atoms with van der Waals surface area (Å²) >= 11 is 1.83. The van der Waals surface area contributed by atoms with Crippen LogP contribution in [0.4, 0.5) is 0 Å². The fourth-order valence-electron chi connectivity index (χ4n) is 3.78. The van der Waals surface area contributed by atoms with Gasteiger partial charge in [0.1, 0.15) is 0 Å². The number of fused-ring (bicyclic) bond motifs is 1. The zero-order chi connectivity index (χ0) is 17.9.